The van der Waals surface area contributed by atoms with Crippen LogP contribution in [0.15, 0.2) is 55.0 Å². The predicted octanol–water partition coefficient (Wildman–Crippen LogP) is 6.34. The highest BCUT2D eigenvalue weighted by atomic mass is 35.5. The van der Waals surface area contributed by atoms with Crippen LogP contribution in [-0.2, 0) is 5.41 Å². The zero-order valence-electron chi connectivity index (χ0n) is 20.0. The zero-order chi connectivity index (χ0) is 24.3. The van der Waals surface area contributed by atoms with Crippen LogP contribution in [0.4, 0.5) is 10.5 Å². The number of anilines is 1. The Bertz CT molecular complexity index is 1170. The molecule has 0 radical (unpaired) electrons. The standard InChI is InChI=1S/C27H31ClN4O2/c1-27(2,3)25-15-19(8-9-30-25)20-14-21(18-29-17-20)23-7-6-22(16-24(23)28)32(26(33)34)13-12-31-10-4-5-11-31/h6-9,14-18H,4-5,10-13H2,1-3H3,(H,33,34). The maximum atomic E-state index is 11.9. The average Bonchev–Trinajstić information content (AvgIpc) is 3.32. The molecule has 1 saturated heterocycles. The molecule has 1 aliphatic rings. The molecule has 1 amide bonds. The summed E-state index contributed by atoms with van der Waals surface area (Å²) in [6.07, 6.45) is 6.82. The summed E-state index contributed by atoms with van der Waals surface area (Å²) in [6.45, 7) is 9.62. The Kier molecular flexibility index (Phi) is 7.19. The van der Waals surface area contributed by atoms with E-state index in [1.54, 1.807) is 12.3 Å². The minimum Gasteiger partial charge on any atom is -0.465 e. The van der Waals surface area contributed by atoms with Gasteiger partial charge in [0.05, 0.1) is 5.02 Å². The smallest absolute Gasteiger partial charge is 0.411 e. The van der Waals surface area contributed by atoms with Crippen molar-refractivity contribution in [1.29, 1.82) is 0 Å². The van der Waals surface area contributed by atoms with Gasteiger partial charge in [0.2, 0.25) is 0 Å². The van der Waals surface area contributed by atoms with Crippen LogP contribution in [0, 0.1) is 0 Å². The first-order chi connectivity index (χ1) is 16.2. The lowest BCUT2D eigenvalue weighted by Gasteiger charge is -2.23. The molecule has 7 heteroatoms. The second kappa shape index (κ2) is 10.1. The van der Waals surface area contributed by atoms with Gasteiger partial charge in [-0.1, -0.05) is 38.4 Å². The number of nitrogens with zero attached hydrogens (tertiary/aromatic N) is 4. The number of carboxylic acid groups (broad SMARTS) is 1. The fourth-order valence-corrected chi connectivity index (χ4v) is 4.54. The van der Waals surface area contributed by atoms with Crippen LogP contribution >= 0.6 is 11.6 Å². The molecule has 1 fully saturated rings. The van der Waals surface area contributed by atoms with Crippen LogP contribution < -0.4 is 4.90 Å². The third-order valence-corrected chi connectivity index (χ3v) is 6.56. The van der Waals surface area contributed by atoms with Gasteiger partial charge in [0.15, 0.2) is 0 Å². The topological polar surface area (TPSA) is 69.6 Å². The molecule has 0 bridgehead atoms. The van der Waals surface area contributed by atoms with Gasteiger partial charge in [-0.15, -0.1) is 0 Å². The van der Waals surface area contributed by atoms with Crippen LogP contribution in [0.25, 0.3) is 22.3 Å². The van der Waals surface area contributed by atoms with Gasteiger partial charge in [-0.2, -0.15) is 0 Å². The van der Waals surface area contributed by atoms with Gasteiger partial charge in [-0.3, -0.25) is 14.9 Å². The van der Waals surface area contributed by atoms with Crippen LogP contribution in [0.2, 0.25) is 5.02 Å². The molecule has 4 rings (SSSR count). The molecule has 1 aromatic carbocycles. The lowest BCUT2D eigenvalue weighted by Crippen LogP contribution is -2.37. The van der Waals surface area contributed by atoms with E-state index in [4.69, 9.17) is 11.6 Å². The summed E-state index contributed by atoms with van der Waals surface area (Å²) in [5, 5.41) is 10.3. The molecule has 0 spiro atoms. The number of carbonyl (C=O) groups is 1. The quantitative estimate of drug-likeness (QED) is 0.447. The lowest BCUT2D eigenvalue weighted by atomic mass is 9.90. The van der Waals surface area contributed by atoms with Gasteiger partial charge >= 0.3 is 6.09 Å². The van der Waals surface area contributed by atoms with Crippen molar-refractivity contribution in [3.05, 3.63) is 65.7 Å². The summed E-state index contributed by atoms with van der Waals surface area (Å²) >= 11 is 6.66. The lowest BCUT2D eigenvalue weighted by molar-refractivity contribution is 0.200. The van der Waals surface area contributed by atoms with E-state index in [9.17, 15) is 9.90 Å². The zero-order valence-corrected chi connectivity index (χ0v) is 20.7. The molecule has 34 heavy (non-hydrogen) atoms. The molecular weight excluding hydrogens is 448 g/mol. The van der Waals surface area contributed by atoms with E-state index >= 15 is 0 Å². The Morgan fingerprint density at radius 1 is 1.06 bits per heavy atom. The summed E-state index contributed by atoms with van der Waals surface area (Å²) in [6, 6.07) is 11.5. The number of hydrogen-bond acceptors (Lipinski definition) is 4. The van der Waals surface area contributed by atoms with E-state index in [0.717, 1.165) is 47.6 Å². The molecule has 0 saturated carbocycles. The molecule has 0 aliphatic carbocycles. The number of aromatic nitrogens is 2. The molecule has 178 valence electrons. The van der Waals surface area contributed by atoms with E-state index < -0.39 is 6.09 Å². The van der Waals surface area contributed by atoms with Gasteiger partial charge < -0.3 is 10.0 Å². The van der Waals surface area contributed by atoms with E-state index in [-0.39, 0.29) is 5.41 Å². The maximum absolute atomic E-state index is 11.9. The minimum absolute atomic E-state index is 0.0506. The molecule has 0 atom stereocenters. The van der Waals surface area contributed by atoms with Crippen molar-refractivity contribution in [2.24, 2.45) is 0 Å². The van der Waals surface area contributed by atoms with Crippen molar-refractivity contribution in [2.45, 2.75) is 39.0 Å². The van der Waals surface area contributed by atoms with Gasteiger partial charge in [0, 0.05) is 65.2 Å². The summed E-state index contributed by atoms with van der Waals surface area (Å²) in [5.41, 5.74) is 5.25. The van der Waals surface area contributed by atoms with Crippen molar-refractivity contribution in [3.63, 3.8) is 0 Å². The second-order valence-electron chi connectivity index (χ2n) is 9.79. The number of halogens is 1. The van der Waals surface area contributed by atoms with Crippen LogP contribution in [0.3, 0.4) is 0 Å². The summed E-state index contributed by atoms with van der Waals surface area (Å²) in [7, 11) is 0. The third-order valence-electron chi connectivity index (χ3n) is 6.24. The van der Waals surface area contributed by atoms with Crippen LogP contribution in [0.1, 0.15) is 39.3 Å². The van der Waals surface area contributed by atoms with Crippen LogP contribution in [-0.4, -0.2) is 52.2 Å². The van der Waals surface area contributed by atoms with Crippen LogP contribution in [0.5, 0.6) is 0 Å². The Morgan fingerprint density at radius 2 is 1.79 bits per heavy atom. The van der Waals surface area contributed by atoms with Crippen molar-refractivity contribution in [3.8, 4) is 22.3 Å². The second-order valence-corrected chi connectivity index (χ2v) is 10.2. The first kappa shape index (κ1) is 24.2. The fraction of sp³-hybridized carbons (Fsp3) is 0.370. The number of rotatable bonds is 6. The van der Waals surface area contributed by atoms with E-state index in [0.29, 0.717) is 17.3 Å². The van der Waals surface area contributed by atoms with Gasteiger partial charge in [-0.05, 0) is 61.8 Å². The Hall–Kier alpha value is -2.96. The number of benzene rings is 1. The van der Waals surface area contributed by atoms with Gasteiger partial charge in [0.25, 0.3) is 0 Å². The summed E-state index contributed by atoms with van der Waals surface area (Å²) in [5.74, 6) is 0. The maximum Gasteiger partial charge on any atom is 0.411 e. The molecular formula is C27H31ClN4O2. The number of pyridine rings is 2. The Morgan fingerprint density at radius 3 is 2.47 bits per heavy atom. The van der Waals surface area contributed by atoms with E-state index in [1.807, 2.05) is 30.6 Å². The largest absolute Gasteiger partial charge is 0.465 e. The normalized spacial score (nSPS) is 14.4. The first-order valence-corrected chi connectivity index (χ1v) is 12.0. The number of amides is 1. The highest BCUT2D eigenvalue weighted by Crippen LogP contribution is 2.34. The van der Waals surface area contributed by atoms with E-state index in [2.05, 4.69) is 47.8 Å². The SMILES string of the molecule is CC(C)(C)c1cc(-c2cncc(-c3ccc(N(CCN4CCCC4)C(=O)O)cc3Cl)c2)ccn1. The third kappa shape index (κ3) is 5.57. The average molecular weight is 479 g/mol. The molecule has 1 aliphatic heterocycles. The van der Waals surface area contributed by atoms with Crippen molar-refractivity contribution in [1.82, 2.24) is 14.9 Å². The molecule has 3 heterocycles. The Balaban J connectivity index is 1.59. The molecule has 2 aromatic heterocycles. The molecule has 6 nitrogen and oxygen atoms in total. The minimum atomic E-state index is -0.973. The predicted molar refractivity (Wildman–Crippen MR) is 138 cm³/mol. The van der Waals surface area contributed by atoms with Gasteiger partial charge in [-0.25, -0.2) is 4.79 Å². The van der Waals surface area contributed by atoms with Crippen molar-refractivity contribution < 1.29 is 9.90 Å². The summed E-state index contributed by atoms with van der Waals surface area (Å²) in [4.78, 5) is 24.5. The van der Waals surface area contributed by atoms with Gasteiger partial charge in [0.1, 0.15) is 0 Å². The van der Waals surface area contributed by atoms with Crippen molar-refractivity contribution in [2.75, 3.05) is 31.1 Å². The highest BCUT2D eigenvalue weighted by molar-refractivity contribution is 6.33. The Labute approximate surface area is 206 Å². The monoisotopic (exact) mass is 478 g/mol. The first-order valence-electron chi connectivity index (χ1n) is 11.7. The van der Waals surface area contributed by atoms with E-state index in [1.165, 1.54) is 17.7 Å². The number of likely N-dealkylation sites (tertiary alicyclic amines) is 1. The number of hydrogen-bond donors (Lipinski definition) is 1. The molecule has 1 N–H and O–H groups in total. The molecule has 0 unspecified atom stereocenters. The summed E-state index contributed by atoms with van der Waals surface area (Å²) < 4.78 is 0. The highest BCUT2D eigenvalue weighted by Gasteiger charge is 2.20. The van der Waals surface area contributed by atoms with Crippen molar-refractivity contribution >= 4 is 23.4 Å². The fourth-order valence-electron chi connectivity index (χ4n) is 4.25. The molecule has 3 aromatic rings.